The molecule has 164 valence electrons. The highest BCUT2D eigenvalue weighted by Crippen LogP contribution is 2.37. The highest BCUT2D eigenvalue weighted by molar-refractivity contribution is 7.90. The number of fused-ring (bicyclic) bond motifs is 4. The molecule has 4 heterocycles. The van der Waals surface area contributed by atoms with Crippen LogP contribution in [0.2, 0.25) is 5.28 Å². The molecule has 7 nitrogen and oxygen atoms in total. The monoisotopic (exact) mass is 498 g/mol. The van der Waals surface area contributed by atoms with E-state index < -0.39 is 31.9 Å². The summed E-state index contributed by atoms with van der Waals surface area (Å²) in [6, 6.07) is 8.31. The van der Waals surface area contributed by atoms with E-state index >= 15 is 0 Å². The topological polar surface area (TPSA) is 86.3 Å². The largest absolute Gasteiger partial charge is 0.425 e. The number of rotatable bonds is 2. The third-order valence-corrected chi connectivity index (χ3v) is 7.95. The van der Waals surface area contributed by atoms with Crippen molar-refractivity contribution < 1.29 is 21.6 Å². The Morgan fingerprint density at radius 1 is 1.06 bits per heavy atom. The van der Waals surface area contributed by atoms with Gasteiger partial charge in [-0.15, -0.1) is 11.3 Å². The lowest BCUT2D eigenvalue weighted by Crippen LogP contribution is -2.17. The van der Waals surface area contributed by atoms with Gasteiger partial charge >= 0.3 is 6.18 Å². The molecule has 0 saturated heterocycles. The van der Waals surface area contributed by atoms with Gasteiger partial charge in [-0.3, -0.25) is 4.79 Å². The first-order valence-corrected chi connectivity index (χ1v) is 11.5. The van der Waals surface area contributed by atoms with Gasteiger partial charge < -0.3 is 0 Å². The van der Waals surface area contributed by atoms with Crippen molar-refractivity contribution in [2.24, 2.45) is 0 Å². The number of hydrogen-bond acceptors (Lipinski definition) is 6. The van der Waals surface area contributed by atoms with Gasteiger partial charge in [0.1, 0.15) is 9.58 Å². The SMILES string of the molecule is Cc1ccc(S(=O)(=O)n2ccc3c2nc(Cl)n2c(=O)c4sc(C(F)(F)F)cc4nc32)cc1. The number of aryl methyl sites for hydroxylation is 1. The van der Waals surface area contributed by atoms with E-state index in [1.54, 1.807) is 12.1 Å². The van der Waals surface area contributed by atoms with Gasteiger partial charge in [0.15, 0.2) is 11.3 Å². The minimum atomic E-state index is -4.64. The van der Waals surface area contributed by atoms with Crippen molar-refractivity contribution in [3.8, 4) is 0 Å². The second-order valence-corrected chi connectivity index (χ2v) is 10.2. The molecule has 0 aliphatic heterocycles. The van der Waals surface area contributed by atoms with Crippen molar-refractivity contribution in [1.82, 2.24) is 18.3 Å². The minimum Gasteiger partial charge on any atom is -0.267 e. The molecule has 5 aromatic rings. The first-order chi connectivity index (χ1) is 15.0. The van der Waals surface area contributed by atoms with E-state index in [0.717, 1.165) is 20.0 Å². The molecule has 0 fully saturated rings. The van der Waals surface area contributed by atoms with Crippen LogP contribution in [0.1, 0.15) is 10.4 Å². The van der Waals surface area contributed by atoms with Crippen LogP contribution in [0.15, 0.2) is 52.3 Å². The third kappa shape index (κ3) is 3.01. The van der Waals surface area contributed by atoms with Gasteiger partial charge in [-0.25, -0.2) is 21.8 Å². The zero-order chi connectivity index (χ0) is 23.0. The molecule has 0 unspecified atom stereocenters. The summed E-state index contributed by atoms with van der Waals surface area (Å²) in [4.78, 5) is 20.1. The lowest BCUT2D eigenvalue weighted by atomic mass is 10.2. The van der Waals surface area contributed by atoms with E-state index in [1.165, 1.54) is 24.4 Å². The van der Waals surface area contributed by atoms with Crippen LogP contribution in [-0.4, -0.2) is 26.8 Å². The molecule has 5 rings (SSSR count). The number of alkyl halides is 3. The van der Waals surface area contributed by atoms with Crippen LogP contribution in [0.3, 0.4) is 0 Å². The first kappa shape index (κ1) is 20.9. The van der Waals surface area contributed by atoms with Gasteiger partial charge in [-0.2, -0.15) is 18.2 Å². The van der Waals surface area contributed by atoms with Gasteiger partial charge in [0.05, 0.1) is 15.8 Å². The van der Waals surface area contributed by atoms with Crippen molar-refractivity contribution >= 4 is 59.9 Å². The van der Waals surface area contributed by atoms with Crippen LogP contribution in [0.4, 0.5) is 13.2 Å². The molecule has 13 heteroatoms. The number of hydrogen-bond donors (Lipinski definition) is 0. The van der Waals surface area contributed by atoms with E-state index in [9.17, 15) is 26.4 Å². The van der Waals surface area contributed by atoms with Crippen molar-refractivity contribution in [1.29, 1.82) is 0 Å². The van der Waals surface area contributed by atoms with Gasteiger partial charge in [-0.05, 0) is 42.8 Å². The van der Waals surface area contributed by atoms with Crippen LogP contribution in [0, 0.1) is 6.92 Å². The Kier molecular flexibility index (Phi) is 4.42. The Hall–Kier alpha value is -2.96. The van der Waals surface area contributed by atoms with E-state index in [0.29, 0.717) is 0 Å². The summed E-state index contributed by atoms with van der Waals surface area (Å²) in [5, 5.41) is -0.281. The fraction of sp³-hybridized carbons (Fsp3) is 0.105. The predicted molar refractivity (Wildman–Crippen MR) is 114 cm³/mol. The molecule has 1 aromatic carbocycles. The summed E-state index contributed by atoms with van der Waals surface area (Å²) in [5.41, 5.74) is -0.311. The summed E-state index contributed by atoms with van der Waals surface area (Å²) in [6.07, 6.45) is -3.41. The number of nitrogens with zero attached hydrogens (tertiary/aromatic N) is 4. The molecular weight excluding hydrogens is 489 g/mol. The smallest absolute Gasteiger partial charge is 0.267 e. The predicted octanol–water partition coefficient (Wildman–Crippen LogP) is 4.48. The van der Waals surface area contributed by atoms with Crippen molar-refractivity contribution in [2.45, 2.75) is 18.0 Å². The summed E-state index contributed by atoms with van der Waals surface area (Å²) < 4.78 is 67.2. The fourth-order valence-electron chi connectivity index (χ4n) is 3.32. The van der Waals surface area contributed by atoms with Crippen LogP contribution >= 0.6 is 22.9 Å². The highest BCUT2D eigenvalue weighted by atomic mass is 35.5. The lowest BCUT2D eigenvalue weighted by molar-refractivity contribution is -0.134. The highest BCUT2D eigenvalue weighted by Gasteiger charge is 2.34. The molecule has 0 aliphatic rings. The van der Waals surface area contributed by atoms with E-state index in [2.05, 4.69) is 9.97 Å². The maximum atomic E-state index is 13.1. The molecule has 0 radical (unpaired) electrons. The molecule has 0 amide bonds. The average molecular weight is 499 g/mol. The van der Waals surface area contributed by atoms with Crippen molar-refractivity contribution in [3.05, 3.63) is 68.7 Å². The maximum absolute atomic E-state index is 13.1. The summed E-state index contributed by atoms with van der Waals surface area (Å²) >= 11 is 6.43. The summed E-state index contributed by atoms with van der Waals surface area (Å²) in [6.45, 7) is 1.81. The summed E-state index contributed by atoms with van der Waals surface area (Å²) in [7, 11) is -4.06. The number of thiophene rings is 1. The molecular formula is C19H10ClF3N4O3S2. The van der Waals surface area contributed by atoms with Crippen LogP contribution in [0.25, 0.3) is 26.9 Å². The van der Waals surface area contributed by atoms with E-state index in [4.69, 9.17) is 11.6 Å². The van der Waals surface area contributed by atoms with E-state index in [-0.39, 0.29) is 43.1 Å². The zero-order valence-corrected chi connectivity index (χ0v) is 18.3. The standard InChI is InChI=1S/C19H10ClF3N4O3S2/c1-9-2-4-10(5-3-9)32(29,30)26-7-6-11-15(26)25-18(20)27-16(11)24-12-8-13(19(21,22)23)31-14(12)17(27)28/h2-8H,1H3. The van der Waals surface area contributed by atoms with Gasteiger partial charge in [0.25, 0.3) is 15.6 Å². The Morgan fingerprint density at radius 2 is 1.75 bits per heavy atom. The number of aromatic nitrogens is 4. The van der Waals surface area contributed by atoms with Crippen LogP contribution in [-0.2, 0) is 16.2 Å². The molecule has 0 spiro atoms. The van der Waals surface area contributed by atoms with Crippen LogP contribution in [0.5, 0.6) is 0 Å². The second kappa shape index (κ2) is 6.77. The second-order valence-electron chi connectivity index (χ2n) is 6.95. The molecule has 0 saturated carbocycles. The molecule has 0 atom stereocenters. The van der Waals surface area contributed by atoms with Gasteiger partial charge in [0.2, 0.25) is 5.28 Å². The normalized spacial score (nSPS) is 12.9. The van der Waals surface area contributed by atoms with Gasteiger partial charge in [-0.1, -0.05) is 17.7 Å². The Balaban J connectivity index is 1.83. The minimum absolute atomic E-state index is 0.00634. The third-order valence-electron chi connectivity index (χ3n) is 4.85. The van der Waals surface area contributed by atoms with Crippen LogP contribution < -0.4 is 5.56 Å². The van der Waals surface area contributed by atoms with Crippen molar-refractivity contribution in [2.75, 3.05) is 0 Å². The molecule has 0 bridgehead atoms. The maximum Gasteiger partial charge on any atom is 0.425 e. The van der Waals surface area contributed by atoms with E-state index in [1.807, 2.05) is 6.92 Å². The summed E-state index contributed by atoms with van der Waals surface area (Å²) in [5.74, 6) is 0. The molecule has 0 N–H and O–H groups in total. The van der Waals surface area contributed by atoms with Crippen molar-refractivity contribution in [3.63, 3.8) is 0 Å². The Bertz CT molecular complexity index is 1720. The zero-order valence-electron chi connectivity index (χ0n) is 15.9. The molecule has 4 aromatic heterocycles. The molecule has 32 heavy (non-hydrogen) atoms. The molecule has 0 aliphatic carbocycles. The number of benzene rings is 1. The first-order valence-electron chi connectivity index (χ1n) is 8.91. The quantitative estimate of drug-likeness (QED) is 0.335. The number of halogens is 4. The Morgan fingerprint density at radius 3 is 2.41 bits per heavy atom. The van der Waals surface area contributed by atoms with Gasteiger partial charge in [0, 0.05) is 6.20 Å². The fourth-order valence-corrected chi connectivity index (χ4v) is 5.74. The average Bonchev–Trinajstić information content (AvgIpc) is 3.33. The Labute approximate surface area is 186 Å². The lowest BCUT2D eigenvalue weighted by Gasteiger charge is -2.09.